The second-order valence-electron chi connectivity index (χ2n) is 11.6. The van der Waals surface area contributed by atoms with Crippen LogP contribution in [0.3, 0.4) is 0 Å². The zero-order chi connectivity index (χ0) is 27.8. The SMILES string of the molecule is C=C(C)c1cc(C)ccc1CCCNCCN(C)c1cc(N2CCCC2)nc2cc(C(C)CCCCC)nn12. The minimum absolute atomic E-state index is 0.451. The molecule has 4 rings (SSSR count). The van der Waals surface area contributed by atoms with Crippen molar-refractivity contribution in [3.63, 3.8) is 0 Å². The summed E-state index contributed by atoms with van der Waals surface area (Å²) in [5.41, 5.74) is 7.29. The summed E-state index contributed by atoms with van der Waals surface area (Å²) in [5.74, 6) is 2.67. The van der Waals surface area contributed by atoms with Crippen molar-refractivity contribution in [1.29, 1.82) is 0 Å². The molecule has 0 radical (unpaired) electrons. The van der Waals surface area contributed by atoms with Gasteiger partial charge in [-0.1, -0.05) is 69.0 Å². The van der Waals surface area contributed by atoms with E-state index in [0.29, 0.717) is 5.92 Å². The lowest BCUT2D eigenvalue weighted by Crippen LogP contribution is -2.31. The number of nitrogens with one attached hydrogen (secondary N) is 1. The van der Waals surface area contributed by atoms with Gasteiger partial charge in [-0.2, -0.15) is 9.61 Å². The number of unbranched alkanes of at least 4 members (excludes halogenated alkanes) is 2. The van der Waals surface area contributed by atoms with E-state index in [1.807, 2.05) is 0 Å². The van der Waals surface area contributed by atoms with Crippen molar-refractivity contribution in [1.82, 2.24) is 19.9 Å². The van der Waals surface area contributed by atoms with E-state index in [0.717, 1.165) is 74.1 Å². The summed E-state index contributed by atoms with van der Waals surface area (Å²) in [7, 11) is 2.18. The quantitative estimate of drug-likeness (QED) is 0.214. The highest BCUT2D eigenvalue weighted by molar-refractivity contribution is 5.65. The number of hydrogen-bond donors (Lipinski definition) is 1. The number of hydrogen-bond acceptors (Lipinski definition) is 5. The van der Waals surface area contributed by atoms with Gasteiger partial charge in [0.1, 0.15) is 11.6 Å². The maximum Gasteiger partial charge on any atom is 0.160 e. The van der Waals surface area contributed by atoms with E-state index < -0.39 is 0 Å². The number of benzene rings is 1. The fourth-order valence-corrected chi connectivity index (χ4v) is 5.63. The van der Waals surface area contributed by atoms with Crippen molar-refractivity contribution < 1.29 is 0 Å². The van der Waals surface area contributed by atoms with Gasteiger partial charge < -0.3 is 15.1 Å². The number of allylic oxidation sites excluding steroid dienone is 1. The van der Waals surface area contributed by atoms with Crippen molar-refractivity contribution in [2.75, 3.05) is 49.6 Å². The molecule has 3 heterocycles. The largest absolute Gasteiger partial charge is 0.358 e. The molecule has 6 nitrogen and oxygen atoms in total. The zero-order valence-corrected chi connectivity index (χ0v) is 25.1. The Hall–Kier alpha value is -2.86. The molecule has 212 valence electrons. The Kier molecular flexibility index (Phi) is 10.4. The van der Waals surface area contributed by atoms with Gasteiger partial charge in [0, 0.05) is 51.3 Å². The van der Waals surface area contributed by atoms with Crippen LogP contribution in [0.1, 0.15) is 94.0 Å². The van der Waals surface area contributed by atoms with Crippen molar-refractivity contribution >= 4 is 22.9 Å². The fourth-order valence-electron chi connectivity index (χ4n) is 5.63. The lowest BCUT2D eigenvalue weighted by Gasteiger charge is -2.23. The number of aryl methyl sites for hydroxylation is 2. The fraction of sp³-hybridized carbons (Fsp3) is 0.576. The molecule has 1 aliphatic rings. The molecular weight excluding hydrogens is 480 g/mol. The summed E-state index contributed by atoms with van der Waals surface area (Å²) in [5, 5.41) is 8.73. The predicted molar refractivity (Wildman–Crippen MR) is 167 cm³/mol. The predicted octanol–water partition coefficient (Wildman–Crippen LogP) is 7.01. The average molecular weight is 531 g/mol. The smallest absolute Gasteiger partial charge is 0.160 e. The molecule has 1 fully saturated rings. The Balaban J connectivity index is 1.38. The molecule has 39 heavy (non-hydrogen) atoms. The van der Waals surface area contributed by atoms with Crippen LogP contribution in [-0.2, 0) is 6.42 Å². The molecule has 6 heteroatoms. The van der Waals surface area contributed by atoms with Crippen LogP contribution in [0.15, 0.2) is 36.9 Å². The minimum atomic E-state index is 0.451. The molecule has 0 spiro atoms. The monoisotopic (exact) mass is 530 g/mol. The molecule has 0 bridgehead atoms. The first-order valence-corrected chi connectivity index (χ1v) is 15.2. The first kappa shape index (κ1) is 29.1. The molecule has 3 aromatic rings. The van der Waals surface area contributed by atoms with Gasteiger partial charge >= 0.3 is 0 Å². The van der Waals surface area contributed by atoms with E-state index in [9.17, 15) is 0 Å². The summed E-state index contributed by atoms with van der Waals surface area (Å²) >= 11 is 0. The van der Waals surface area contributed by atoms with Gasteiger partial charge in [-0.3, -0.25) is 0 Å². The minimum Gasteiger partial charge on any atom is -0.358 e. The molecule has 1 aromatic carbocycles. The van der Waals surface area contributed by atoms with E-state index in [-0.39, 0.29) is 0 Å². The normalized spacial score (nSPS) is 14.3. The molecule has 1 unspecified atom stereocenters. The summed E-state index contributed by atoms with van der Waals surface area (Å²) in [6, 6.07) is 11.2. The number of likely N-dealkylation sites (N-methyl/N-ethyl adjacent to an activating group) is 1. The van der Waals surface area contributed by atoms with Gasteiger partial charge in [0.25, 0.3) is 0 Å². The Labute approximate surface area is 236 Å². The third-order valence-corrected chi connectivity index (χ3v) is 8.13. The third kappa shape index (κ3) is 7.63. The van der Waals surface area contributed by atoms with Crippen LogP contribution in [0.2, 0.25) is 0 Å². The second kappa shape index (κ2) is 14.0. The van der Waals surface area contributed by atoms with Gasteiger partial charge in [0.05, 0.1) is 5.69 Å². The van der Waals surface area contributed by atoms with Crippen LogP contribution in [0, 0.1) is 6.92 Å². The van der Waals surface area contributed by atoms with E-state index in [1.165, 1.54) is 55.2 Å². The van der Waals surface area contributed by atoms with Crippen molar-refractivity contribution in [2.45, 2.75) is 85.0 Å². The van der Waals surface area contributed by atoms with Crippen LogP contribution in [-0.4, -0.2) is 54.4 Å². The lowest BCUT2D eigenvalue weighted by molar-refractivity contribution is 0.584. The van der Waals surface area contributed by atoms with Crippen LogP contribution in [0.4, 0.5) is 11.6 Å². The van der Waals surface area contributed by atoms with Crippen LogP contribution in [0.25, 0.3) is 11.2 Å². The van der Waals surface area contributed by atoms with E-state index in [1.54, 1.807) is 0 Å². The van der Waals surface area contributed by atoms with Gasteiger partial charge in [-0.05, 0) is 63.6 Å². The molecule has 0 amide bonds. The van der Waals surface area contributed by atoms with Gasteiger partial charge in [-0.25, -0.2) is 4.98 Å². The van der Waals surface area contributed by atoms with Gasteiger partial charge in [0.15, 0.2) is 5.65 Å². The molecular formula is C33H50N6. The summed E-state index contributed by atoms with van der Waals surface area (Å²) in [6.07, 6.45) is 9.66. The zero-order valence-electron chi connectivity index (χ0n) is 25.1. The highest BCUT2D eigenvalue weighted by Crippen LogP contribution is 2.28. The highest BCUT2D eigenvalue weighted by Gasteiger charge is 2.20. The Morgan fingerprint density at radius 1 is 1.10 bits per heavy atom. The maximum atomic E-state index is 5.07. The van der Waals surface area contributed by atoms with Crippen molar-refractivity contribution in [3.05, 3.63) is 59.3 Å². The maximum absolute atomic E-state index is 5.07. The van der Waals surface area contributed by atoms with Crippen molar-refractivity contribution in [3.8, 4) is 0 Å². The summed E-state index contributed by atoms with van der Waals surface area (Å²) in [6.45, 7) is 18.0. The standard InChI is InChI=1S/C33H50N6/c1-7-8-9-13-27(5)30-23-32-35-31(38-19-10-11-20-38)24-33(39(32)36-30)37(6)21-18-34-17-12-14-28-16-15-26(4)22-29(28)25(2)3/h15-16,22-24,27,34H,2,7-14,17-21H2,1,3-6H3. The lowest BCUT2D eigenvalue weighted by atomic mass is 9.96. The molecule has 1 atom stereocenters. The second-order valence-corrected chi connectivity index (χ2v) is 11.6. The van der Waals surface area contributed by atoms with Crippen LogP contribution in [0.5, 0.6) is 0 Å². The van der Waals surface area contributed by atoms with Crippen LogP contribution < -0.4 is 15.1 Å². The molecule has 0 aliphatic carbocycles. The van der Waals surface area contributed by atoms with E-state index in [2.05, 4.69) is 91.3 Å². The topological polar surface area (TPSA) is 48.7 Å². The first-order valence-electron chi connectivity index (χ1n) is 15.2. The third-order valence-electron chi connectivity index (χ3n) is 8.13. The van der Waals surface area contributed by atoms with E-state index >= 15 is 0 Å². The average Bonchev–Trinajstić information content (AvgIpc) is 3.61. The Bertz CT molecular complexity index is 1220. The number of anilines is 2. The van der Waals surface area contributed by atoms with Crippen molar-refractivity contribution in [2.24, 2.45) is 0 Å². The molecule has 1 saturated heterocycles. The first-order chi connectivity index (χ1) is 18.9. The summed E-state index contributed by atoms with van der Waals surface area (Å²) < 4.78 is 2.07. The Morgan fingerprint density at radius 2 is 1.90 bits per heavy atom. The summed E-state index contributed by atoms with van der Waals surface area (Å²) in [4.78, 5) is 9.81. The molecule has 0 saturated carbocycles. The number of rotatable bonds is 15. The number of nitrogens with zero attached hydrogens (tertiary/aromatic N) is 5. The molecule has 2 aromatic heterocycles. The number of aromatic nitrogens is 3. The molecule has 1 aliphatic heterocycles. The van der Waals surface area contributed by atoms with Gasteiger partial charge in [0.2, 0.25) is 0 Å². The highest BCUT2D eigenvalue weighted by atomic mass is 15.4. The molecule has 1 N–H and O–H groups in total. The number of fused-ring (bicyclic) bond motifs is 1. The van der Waals surface area contributed by atoms with E-state index in [4.69, 9.17) is 10.1 Å². The van der Waals surface area contributed by atoms with Crippen LogP contribution >= 0.6 is 0 Å². The Morgan fingerprint density at radius 3 is 2.64 bits per heavy atom. The van der Waals surface area contributed by atoms with Gasteiger partial charge in [-0.15, -0.1) is 0 Å².